The summed E-state index contributed by atoms with van der Waals surface area (Å²) < 4.78 is 0.319. The van der Waals surface area contributed by atoms with Crippen LogP contribution in [0, 0.1) is 34.5 Å². The Morgan fingerprint density at radius 3 is 2.65 bits per heavy atom. The van der Waals surface area contributed by atoms with Gasteiger partial charge in [-0.3, -0.25) is 0 Å². The van der Waals surface area contributed by atoms with Gasteiger partial charge in [0, 0.05) is 22.8 Å². The second kappa shape index (κ2) is 6.29. The van der Waals surface area contributed by atoms with Gasteiger partial charge in [-0.05, 0) is 74.5 Å². The Kier molecular flexibility index (Phi) is 4.38. The number of fused-ring (bicyclic) bond motifs is 5. The van der Waals surface area contributed by atoms with Crippen molar-refractivity contribution in [3.05, 3.63) is 11.6 Å². The number of rotatable bonds is 2. The average Bonchev–Trinajstić information content (AvgIpc) is 3.25. The number of hydrogen-bond donors (Lipinski definition) is 1. The summed E-state index contributed by atoms with van der Waals surface area (Å²) >= 11 is 4.29. The maximum absolute atomic E-state index is 11.7. The fourth-order valence-electron chi connectivity index (χ4n) is 7.74. The second-order valence-electron chi connectivity index (χ2n) is 9.77. The van der Waals surface area contributed by atoms with Crippen LogP contribution < -0.4 is 0 Å². The van der Waals surface area contributed by atoms with Crippen molar-refractivity contribution >= 4 is 29.8 Å². The van der Waals surface area contributed by atoms with Gasteiger partial charge >= 0.3 is 0 Å². The quantitative estimate of drug-likeness (QED) is 0.535. The van der Waals surface area contributed by atoms with Gasteiger partial charge in [0.05, 0.1) is 10.7 Å². The number of carbonyl (C=O) groups excluding carboxylic acids is 1. The molecule has 0 amide bonds. The van der Waals surface area contributed by atoms with Crippen LogP contribution in [0.25, 0.3) is 0 Å². The molecule has 6 atom stereocenters. The zero-order valence-corrected chi connectivity index (χ0v) is 17.5. The van der Waals surface area contributed by atoms with Crippen LogP contribution in [0.4, 0.5) is 0 Å². The molecule has 5 aliphatic rings. The molecule has 0 aromatic carbocycles. The molecular weight excluding hydrogens is 360 g/mol. The van der Waals surface area contributed by atoms with Gasteiger partial charge in [-0.2, -0.15) is 0 Å². The smallest absolute Gasteiger partial charge is 0.123 e. The summed E-state index contributed by atoms with van der Waals surface area (Å²) in [5, 5.41) is 10.6. The highest BCUT2D eigenvalue weighted by atomic mass is 32.2. The van der Waals surface area contributed by atoms with E-state index in [2.05, 4.69) is 36.5 Å². The fourth-order valence-corrected chi connectivity index (χ4v) is 10.9. The van der Waals surface area contributed by atoms with Gasteiger partial charge in [-0.25, -0.2) is 0 Å². The minimum atomic E-state index is 0.0540. The minimum Gasteiger partial charge on any atom is -0.395 e. The molecule has 26 heavy (non-hydrogen) atoms. The van der Waals surface area contributed by atoms with Gasteiger partial charge in [-0.15, -0.1) is 23.5 Å². The van der Waals surface area contributed by atoms with Crippen molar-refractivity contribution in [2.45, 2.75) is 62.4 Å². The predicted octanol–water partition coefficient (Wildman–Crippen LogP) is 4.91. The number of aliphatic hydroxyl groups is 1. The highest BCUT2D eigenvalue weighted by molar-refractivity contribution is 8.21. The number of thioether (sulfide) groups is 2. The van der Waals surface area contributed by atoms with E-state index in [4.69, 9.17) is 0 Å². The lowest BCUT2D eigenvalue weighted by molar-refractivity contribution is -0.119. The van der Waals surface area contributed by atoms with Crippen LogP contribution >= 0.6 is 23.5 Å². The van der Waals surface area contributed by atoms with E-state index < -0.39 is 0 Å². The molecule has 1 heterocycles. The lowest BCUT2D eigenvalue weighted by atomic mass is 9.46. The maximum atomic E-state index is 11.7. The molecular formula is C22H32O2S2. The molecule has 144 valence electrons. The Morgan fingerprint density at radius 1 is 1.12 bits per heavy atom. The molecule has 4 heteroatoms. The number of aldehydes is 1. The van der Waals surface area contributed by atoms with Crippen LogP contribution in [-0.2, 0) is 4.79 Å². The molecule has 0 radical (unpaired) electrons. The van der Waals surface area contributed by atoms with Crippen LogP contribution in [0.3, 0.4) is 0 Å². The average molecular weight is 393 g/mol. The third-order valence-electron chi connectivity index (χ3n) is 9.14. The summed E-state index contributed by atoms with van der Waals surface area (Å²) in [5.41, 5.74) is 1.88. The molecule has 1 spiro atoms. The number of hydrogen-bond acceptors (Lipinski definition) is 4. The first-order chi connectivity index (χ1) is 12.6. The molecule has 1 aliphatic heterocycles. The molecule has 1 saturated heterocycles. The lowest BCUT2D eigenvalue weighted by Crippen LogP contribution is -2.53. The van der Waals surface area contributed by atoms with E-state index in [1.807, 2.05) is 0 Å². The van der Waals surface area contributed by atoms with E-state index in [-0.39, 0.29) is 16.7 Å². The van der Waals surface area contributed by atoms with Crippen LogP contribution in [0.2, 0.25) is 0 Å². The van der Waals surface area contributed by atoms with E-state index in [0.29, 0.717) is 22.5 Å². The highest BCUT2D eigenvalue weighted by Crippen LogP contribution is 2.68. The van der Waals surface area contributed by atoms with Crippen molar-refractivity contribution < 1.29 is 9.90 Å². The largest absolute Gasteiger partial charge is 0.395 e. The SMILES string of the molecule is C[C@]12CC[C@H]3[C@@H](CCC4=CC5(CC[C@@]43CO)SCCS5)[C@@H]1CC[C@H]2C=O. The lowest BCUT2D eigenvalue weighted by Gasteiger charge is -2.59. The first-order valence-corrected chi connectivity index (χ1v) is 12.6. The molecule has 2 nitrogen and oxygen atoms in total. The van der Waals surface area contributed by atoms with Gasteiger partial charge in [-0.1, -0.05) is 18.6 Å². The first-order valence-electron chi connectivity index (χ1n) is 10.6. The third kappa shape index (κ3) is 2.33. The fraction of sp³-hybridized carbons (Fsp3) is 0.864. The molecule has 0 aromatic rings. The van der Waals surface area contributed by atoms with E-state index in [0.717, 1.165) is 12.3 Å². The van der Waals surface area contributed by atoms with Crippen molar-refractivity contribution in [3.63, 3.8) is 0 Å². The minimum absolute atomic E-state index is 0.0540. The van der Waals surface area contributed by atoms with Crippen LogP contribution in [0.15, 0.2) is 11.6 Å². The van der Waals surface area contributed by atoms with Gasteiger partial charge < -0.3 is 9.90 Å². The second-order valence-corrected chi connectivity index (χ2v) is 12.9. The maximum Gasteiger partial charge on any atom is 0.123 e. The molecule has 5 rings (SSSR count). The van der Waals surface area contributed by atoms with Crippen LogP contribution in [-0.4, -0.2) is 33.6 Å². The van der Waals surface area contributed by atoms with Crippen molar-refractivity contribution in [3.8, 4) is 0 Å². The molecule has 0 unspecified atom stereocenters. The van der Waals surface area contributed by atoms with E-state index in [1.165, 1.54) is 62.7 Å². The number of aliphatic hydroxyl groups excluding tert-OH is 1. The summed E-state index contributed by atoms with van der Waals surface area (Å²) in [4.78, 5) is 11.7. The van der Waals surface area contributed by atoms with Gasteiger partial charge in [0.2, 0.25) is 0 Å². The van der Waals surface area contributed by atoms with E-state index in [9.17, 15) is 9.90 Å². The van der Waals surface area contributed by atoms with Gasteiger partial charge in [0.25, 0.3) is 0 Å². The van der Waals surface area contributed by atoms with Crippen LogP contribution in [0.1, 0.15) is 58.3 Å². The van der Waals surface area contributed by atoms with E-state index in [1.54, 1.807) is 5.57 Å². The van der Waals surface area contributed by atoms with Crippen molar-refractivity contribution in [2.75, 3.05) is 18.1 Å². The molecule has 4 aliphatic carbocycles. The molecule has 3 saturated carbocycles. The molecule has 4 fully saturated rings. The summed E-state index contributed by atoms with van der Waals surface area (Å²) in [6, 6.07) is 0. The Hall–Kier alpha value is 0.0700. The van der Waals surface area contributed by atoms with Crippen molar-refractivity contribution in [1.29, 1.82) is 0 Å². The molecule has 0 bridgehead atoms. The normalized spacial score (nSPS) is 49.2. The third-order valence-corrected chi connectivity index (χ3v) is 12.5. The van der Waals surface area contributed by atoms with E-state index >= 15 is 0 Å². The Morgan fingerprint density at radius 2 is 1.92 bits per heavy atom. The van der Waals surface area contributed by atoms with Crippen LogP contribution in [0.5, 0.6) is 0 Å². The summed E-state index contributed by atoms with van der Waals surface area (Å²) in [6.07, 6.45) is 13.5. The summed E-state index contributed by atoms with van der Waals surface area (Å²) in [6.45, 7) is 2.74. The molecule has 1 N–H and O–H groups in total. The zero-order chi connectivity index (χ0) is 18.0. The summed E-state index contributed by atoms with van der Waals surface area (Å²) in [5.74, 6) is 4.90. The summed E-state index contributed by atoms with van der Waals surface area (Å²) in [7, 11) is 0. The van der Waals surface area contributed by atoms with Gasteiger partial charge in [0.15, 0.2) is 0 Å². The molecule has 0 aromatic heterocycles. The standard InChI is InChI=1S/C22H32O2S2/c1-20-7-6-19-17(18(20)5-3-16(20)13-23)4-2-15-12-22(25-10-11-26-22)9-8-21(15,19)14-24/h12-13,16-19,24H,2-11,14H2,1H3/t16-,17-,18-,19-,20+,21+/m0/s1. The zero-order valence-electron chi connectivity index (χ0n) is 15.9. The Bertz CT molecular complexity index is 626. The first kappa shape index (κ1) is 18.1. The van der Waals surface area contributed by atoms with Crippen molar-refractivity contribution in [1.82, 2.24) is 0 Å². The Balaban J connectivity index is 1.49. The highest BCUT2D eigenvalue weighted by Gasteiger charge is 2.60. The predicted molar refractivity (Wildman–Crippen MR) is 110 cm³/mol. The topological polar surface area (TPSA) is 37.3 Å². The van der Waals surface area contributed by atoms with Crippen molar-refractivity contribution in [2.24, 2.45) is 34.5 Å². The monoisotopic (exact) mass is 392 g/mol. The van der Waals surface area contributed by atoms with Gasteiger partial charge in [0.1, 0.15) is 6.29 Å². The number of carbonyl (C=O) groups is 1. The Labute approximate surface area is 166 Å².